The summed E-state index contributed by atoms with van der Waals surface area (Å²) in [4.78, 5) is 21.4. The Morgan fingerprint density at radius 3 is 2.80 bits per heavy atom. The maximum absolute atomic E-state index is 12.9. The number of aryl methyl sites for hydroxylation is 2. The Balaban J connectivity index is 1.49. The molecule has 9 heteroatoms. The van der Waals surface area contributed by atoms with Gasteiger partial charge in [0.25, 0.3) is 0 Å². The van der Waals surface area contributed by atoms with Crippen molar-refractivity contribution in [3.63, 3.8) is 0 Å². The van der Waals surface area contributed by atoms with Crippen LogP contribution in [0.2, 0.25) is 0 Å². The van der Waals surface area contributed by atoms with Crippen molar-refractivity contribution in [1.82, 2.24) is 19.7 Å². The molecular formula is C21H27N7O2. The van der Waals surface area contributed by atoms with E-state index in [0.29, 0.717) is 25.5 Å². The molecule has 0 radical (unpaired) electrons. The van der Waals surface area contributed by atoms with Crippen molar-refractivity contribution in [3.05, 3.63) is 36.0 Å². The van der Waals surface area contributed by atoms with Gasteiger partial charge in [-0.05, 0) is 37.6 Å². The van der Waals surface area contributed by atoms with E-state index in [0.717, 1.165) is 33.7 Å². The minimum Gasteiger partial charge on any atom is -0.497 e. The molecule has 1 aliphatic heterocycles. The quantitative estimate of drug-likeness (QED) is 0.690. The Morgan fingerprint density at radius 2 is 2.10 bits per heavy atom. The summed E-state index contributed by atoms with van der Waals surface area (Å²) in [5.41, 5.74) is 9.55. The van der Waals surface area contributed by atoms with Gasteiger partial charge in [-0.3, -0.25) is 4.68 Å². The molecule has 2 amide bonds. The molecule has 158 valence electrons. The van der Waals surface area contributed by atoms with Gasteiger partial charge in [0.2, 0.25) is 0 Å². The smallest absolute Gasteiger partial charge is 0.321 e. The summed E-state index contributed by atoms with van der Waals surface area (Å²) in [7, 11) is 3.48. The lowest BCUT2D eigenvalue weighted by atomic mass is 10.1. The average Bonchev–Trinajstić information content (AvgIpc) is 3.09. The number of aromatic nitrogens is 3. The first-order valence-corrected chi connectivity index (χ1v) is 9.93. The van der Waals surface area contributed by atoms with E-state index < -0.39 is 0 Å². The number of carbonyl (C=O) groups excluding carboxylic acids is 1. The molecule has 1 aliphatic rings. The van der Waals surface area contributed by atoms with Crippen LogP contribution < -0.4 is 20.7 Å². The zero-order valence-corrected chi connectivity index (χ0v) is 17.7. The summed E-state index contributed by atoms with van der Waals surface area (Å²) >= 11 is 0. The number of nitrogens with zero attached hydrogens (tertiary/aromatic N) is 5. The van der Waals surface area contributed by atoms with E-state index in [1.165, 1.54) is 0 Å². The highest BCUT2D eigenvalue weighted by atomic mass is 16.5. The van der Waals surface area contributed by atoms with Crippen LogP contribution in [-0.4, -0.2) is 58.5 Å². The molecule has 9 nitrogen and oxygen atoms in total. The lowest BCUT2D eigenvalue weighted by Gasteiger charge is -2.41. The highest BCUT2D eigenvalue weighted by molar-refractivity contribution is 5.92. The standard InChI is InChI=1S/C21H27N7O2/c1-13-9-15(30-4)5-6-17(13)24-21(29)27-7-8-28(14(2)12-27)18-10-19(22)25-20-16(18)11-23-26(20)3/h5-6,9-11,14H,7-8,12H2,1-4H3,(H2,22,25)(H,24,29)/t14-/m0/s1. The molecule has 0 unspecified atom stereocenters. The lowest BCUT2D eigenvalue weighted by Crippen LogP contribution is -2.54. The molecule has 0 saturated carbocycles. The maximum atomic E-state index is 12.9. The van der Waals surface area contributed by atoms with Gasteiger partial charge in [0.05, 0.1) is 24.4 Å². The summed E-state index contributed by atoms with van der Waals surface area (Å²) < 4.78 is 6.95. The third-order valence-corrected chi connectivity index (χ3v) is 5.60. The van der Waals surface area contributed by atoms with E-state index >= 15 is 0 Å². The minimum atomic E-state index is -0.101. The Morgan fingerprint density at radius 1 is 1.30 bits per heavy atom. The van der Waals surface area contributed by atoms with Gasteiger partial charge < -0.3 is 25.6 Å². The van der Waals surface area contributed by atoms with E-state index in [4.69, 9.17) is 10.5 Å². The molecule has 0 aliphatic carbocycles. The fourth-order valence-corrected chi connectivity index (χ4v) is 3.95. The van der Waals surface area contributed by atoms with Crippen molar-refractivity contribution < 1.29 is 9.53 Å². The second-order valence-corrected chi connectivity index (χ2v) is 7.67. The molecule has 4 rings (SSSR count). The molecule has 1 fully saturated rings. The molecule has 3 N–H and O–H groups in total. The number of hydrogen-bond acceptors (Lipinski definition) is 6. The van der Waals surface area contributed by atoms with Crippen LogP contribution >= 0.6 is 0 Å². The van der Waals surface area contributed by atoms with Crippen LogP contribution in [0.15, 0.2) is 30.5 Å². The van der Waals surface area contributed by atoms with Gasteiger partial charge in [0, 0.05) is 44.5 Å². The molecule has 30 heavy (non-hydrogen) atoms. The fraction of sp³-hybridized carbons (Fsp3) is 0.381. The average molecular weight is 409 g/mol. The number of ether oxygens (including phenoxy) is 1. The van der Waals surface area contributed by atoms with Gasteiger partial charge >= 0.3 is 6.03 Å². The first kappa shape index (κ1) is 19.8. The van der Waals surface area contributed by atoms with Gasteiger partial charge in [-0.15, -0.1) is 0 Å². The molecule has 0 spiro atoms. The van der Waals surface area contributed by atoms with Crippen LogP contribution in [0.1, 0.15) is 12.5 Å². The van der Waals surface area contributed by atoms with Gasteiger partial charge in [-0.1, -0.05) is 0 Å². The predicted octanol–water partition coefficient (Wildman–Crippen LogP) is 2.61. The normalized spacial score (nSPS) is 16.7. The van der Waals surface area contributed by atoms with Gasteiger partial charge in [0.1, 0.15) is 11.6 Å². The number of carbonyl (C=O) groups is 1. The van der Waals surface area contributed by atoms with Crippen LogP contribution in [0.5, 0.6) is 5.75 Å². The summed E-state index contributed by atoms with van der Waals surface area (Å²) in [5.74, 6) is 1.23. The second kappa shape index (κ2) is 7.74. The van der Waals surface area contributed by atoms with Crippen LogP contribution in [0.3, 0.4) is 0 Å². The fourth-order valence-electron chi connectivity index (χ4n) is 3.95. The number of urea groups is 1. The molecule has 1 atom stereocenters. The molecule has 3 aromatic rings. The minimum absolute atomic E-state index is 0.101. The topological polar surface area (TPSA) is 102 Å². The summed E-state index contributed by atoms with van der Waals surface area (Å²) in [5, 5.41) is 8.30. The molecule has 1 saturated heterocycles. The molecule has 2 aromatic heterocycles. The number of pyridine rings is 1. The Kier molecular flexibility index (Phi) is 5.11. The number of hydrogen-bond donors (Lipinski definition) is 2. The number of piperazine rings is 1. The summed E-state index contributed by atoms with van der Waals surface area (Å²) in [6.07, 6.45) is 1.81. The molecule has 0 bridgehead atoms. The Labute approximate surface area is 175 Å². The number of methoxy groups -OCH3 is 1. The van der Waals surface area contributed by atoms with Crippen molar-refractivity contribution in [2.75, 3.05) is 42.7 Å². The number of nitrogens with one attached hydrogen (secondary N) is 1. The van der Waals surface area contributed by atoms with E-state index in [1.54, 1.807) is 11.8 Å². The third-order valence-electron chi connectivity index (χ3n) is 5.60. The van der Waals surface area contributed by atoms with Crippen molar-refractivity contribution in [2.45, 2.75) is 19.9 Å². The van der Waals surface area contributed by atoms with E-state index in [9.17, 15) is 4.79 Å². The second-order valence-electron chi connectivity index (χ2n) is 7.67. The Hall–Kier alpha value is -3.49. The van der Waals surface area contributed by atoms with E-state index in [-0.39, 0.29) is 12.1 Å². The predicted molar refractivity (Wildman–Crippen MR) is 118 cm³/mol. The van der Waals surface area contributed by atoms with Gasteiger partial charge in [-0.25, -0.2) is 9.78 Å². The SMILES string of the molecule is COc1ccc(NC(=O)N2CCN(c3cc(N)nc4c3cnn4C)[C@@H](C)C2)c(C)c1. The maximum Gasteiger partial charge on any atom is 0.321 e. The number of fused-ring (bicyclic) bond motifs is 1. The number of amides is 2. The summed E-state index contributed by atoms with van der Waals surface area (Å²) in [6.45, 7) is 5.96. The van der Waals surface area contributed by atoms with E-state index in [2.05, 4.69) is 27.2 Å². The van der Waals surface area contributed by atoms with Crippen LogP contribution in [0, 0.1) is 6.92 Å². The van der Waals surface area contributed by atoms with Crippen LogP contribution in [-0.2, 0) is 7.05 Å². The zero-order valence-electron chi connectivity index (χ0n) is 17.7. The molecule has 1 aromatic carbocycles. The lowest BCUT2D eigenvalue weighted by molar-refractivity contribution is 0.200. The van der Waals surface area contributed by atoms with Gasteiger partial charge in [-0.2, -0.15) is 5.10 Å². The van der Waals surface area contributed by atoms with Crippen molar-refractivity contribution >= 4 is 34.3 Å². The number of benzene rings is 1. The van der Waals surface area contributed by atoms with Crippen molar-refractivity contribution in [3.8, 4) is 5.75 Å². The Bertz CT molecular complexity index is 1090. The number of anilines is 3. The van der Waals surface area contributed by atoms with Crippen molar-refractivity contribution in [1.29, 1.82) is 0 Å². The monoisotopic (exact) mass is 409 g/mol. The first-order valence-electron chi connectivity index (χ1n) is 9.93. The number of nitrogen functional groups attached to an aromatic ring is 1. The van der Waals surface area contributed by atoms with Crippen molar-refractivity contribution in [2.24, 2.45) is 7.05 Å². The highest BCUT2D eigenvalue weighted by Gasteiger charge is 2.29. The number of rotatable bonds is 3. The number of nitrogens with two attached hydrogens (primary N) is 1. The van der Waals surface area contributed by atoms with Crippen LogP contribution in [0.4, 0.5) is 22.0 Å². The van der Waals surface area contributed by atoms with Crippen LogP contribution in [0.25, 0.3) is 11.0 Å². The zero-order chi connectivity index (χ0) is 21.4. The highest BCUT2D eigenvalue weighted by Crippen LogP contribution is 2.30. The van der Waals surface area contributed by atoms with E-state index in [1.807, 2.05) is 49.3 Å². The largest absolute Gasteiger partial charge is 0.497 e. The molecular weight excluding hydrogens is 382 g/mol. The van der Waals surface area contributed by atoms with Gasteiger partial charge in [0.15, 0.2) is 5.65 Å². The third kappa shape index (κ3) is 3.58. The molecule has 3 heterocycles. The summed E-state index contributed by atoms with van der Waals surface area (Å²) in [6, 6.07) is 7.52. The first-order chi connectivity index (χ1) is 14.4.